The first-order chi connectivity index (χ1) is 8.97. The normalized spacial score (nSPS) is 18.0. The fraction of sp³-hybridized carbons (Fsp3) is 0.250. The maximum atomic E-state index is 13.3. The number of rotatable bonds is 2. The maximum Gasteiger partial charge on any atom is 2.00 e. The molecule has 5 nitrogen and oxygen atoms in total. The van der Waals surface area contributed by atoms with Gasteiger partial charge < -0.3 is 10.1 Å². The minimum atomic E-state index is -1.08. The van der Waals surface area contributed by atoms with Crippen molar-refractivity contribution in [2.24, 2.45) is 0 Å². The standard InChI is InChI=1S/C12H9F2N2O3.W/c13-6-1-2-8(14)7(5-6)11(18)15-9-3-4-10(17)16-12(9)19;/h1-2,9H,3-4H2,(H2,15,16,17,18,19);/q-1;+2/p-1. The molecule has 1 aliphatic heterocycles. The van der Waals surface area contributed by atoms with E-state index in [9.17, 15) is 23.2 Å². The van der Waals surface area contributed by atoms with E-state index in [0.717, 1.165) is 12.1 Å². The molecule has 1 aromatic rings. The van der Waals surface area contributed by atoms with Gasteiger partial charge in [-0.15, -0.1) is 18.2 Å². The molecule has 1 unspecified atom stereocenters. The molecule has 0 spiro atoms. The molecule has 1 atom stereocenters. The Morgan fingerprint density at radius 3 is 2.70 bits per heavy atom. The third kappa shape index (κ3) is 3.69. The molecule has 20 heavy (non-hydrogen) atoms. The van der Waals surface area contributed by atoms with E-state index >= 15 is 0 Å². The van der Waals surface area contributed by atoms with E-state index in [2.05, 4.69) is 5.32 Å². The van der Waals surface area contributed by atoms with E-state index in [1.165, 1.54) is 0 Å². The second kappa shape index (κ2) is 6.70. The topological polar surface area (TPSA) is 77.3 Å². The van der Waals surface area contributed by atoms with E-state index in [-0.39, 0.29) is 33.9 Å². The maximum absolute atomic E-state index is 13.3. The molecular weight excluding hydrogens is 442 g/mol. The Bertz CT molecular complexity index is 566. The number of hydrogen-bond donors (Lipinski definition) is 1. The third-order valence-electron chi connectivity index (χ3n) is 2.56. The van der Waals surface area contributed by atoms with Crippen LogP contribution in [0.4, 0.5) is 8.78 Å². The molecule has 1 N–H and O–H groups in total. The van der Waals surface area contributed by atoms with Crippen molar-refractivity contribution < 1.29 is 44.2 Å². The molecule has 1 aromatic carbocycles. The molecule has 0 saturated carbocycles. The molecular formula is C12H8F2N2O3W. The van der Waals surface area contributed by atoms with E-state index in [1.807, 2.05) is 11.4 Å². The predicted octanol–water partition coefficient (Wildman–Crippen LogP) is 1.08. The first-order valence-electron chi connectivity index (χ1n) is 5.43. The van der Waals surface area contributed by atoms with Gasteiger partial charge in [-0.3, -0.25) is 19.3 Å². The first kappa shape index (κ1) is 16.4. The number of carbonyl (C=O) groups is 3. The molecule has 104 valence electrons. The van der Waals surface area contributed by atoms with Crippen molar-refractivity contribution in [3.63, 3.8) is 0 Å². The Hall–Kier alpha value is -1.62. The predicted molar refractivity (Wildman–Crippen MR) is 59.1 cm³/mol. The molecule has 1 heterocycles. The minimum Gasteiger partial charge on any atom is -0.684 e. The van der Waals surface area contributed by atoms with Gasteiger partial charge in [-0.25, -0.2) is 4.39 Å². The smallest absolute Gasteiger partial charge is 0.684 e. The van der Waals surface area contributed by atoms with Gasteiger partial charge in [0.25, 0.3) is 0 Å². The van der Waals surface area contributed by atoms with Crippen LogP contribution >= 0.6 is 0 Å². The Morgan fingerprint density at radius 2 is 2.05 bits per heavy atom. The number of nitrogens with zero attached hydrogens (tertiary/aromatic N) is 1. The molecule has 0 aromatic heterocycles. The minimum absolute atomic E-state index is 0. The van der Waals surface area contributed by atoms with E-state index < -0.39 is 41.0 Å². The first-order valence-corrected chi connectivity index (χ1v) is 5.43. The SMILES string of the molecule is O=C1CCC([N-]C(=O)c2[c-]c(F)ccc2F)C(=O)N1.[W+2]. The van der Waals surface area contributed by atoms with Crippen LogP contribution in [-0.2, 0) is 30.7 Å². The third-order valence-corrected chi connectivity index (χ3v) is 2.56. The summed E-state index contributed by atoms with van der Waals surface area (Å²) in [6.07, 6.45) is 0.107. The van der Waals surface area contributed by atoms with Crippen LogP contribution in [0.25, 0.3) is 5.32 Å². The molecule has 1 aliphatic rings. The van der Waals surface area contributed by atoms with Crippen LogP contribution in [0.2, 0.25) is 0 Å². The monoisotopic (exact) mass is 450 g/mol. The van der Waals surface area contributed by atoms with Crippen LogP contribution in [0.5, 0.6) is 0 Å². The molecule has 0 aliphatic carbocycles. The van der Waals surface area contributed by atoms with E-state index in [1.54, 1.807) is 0 Å². The second-order valence-corrected chi connectivity index (χ2v) is 3.93. The zero-order valence-electron chi connectivity index (χ0n) is 9.98. The van der Waals surface area contributed by atoms with E-state index in [0.29, 0.717) is 0 Å². The van der Waals surface area contributed by atoms with Crippen LogP contribution < -0.4 is 5.32 Å². The molecule has 1 fully saturated rings. The number of carbonyl (C=O) groups excluding carboxylic acids is 3. The summed E-state index contributed by atoms with van der Waals surface area (Å²) in [6.45, 7) is 0. The Morgan fingerprint density at radius 1 is 1.35 bits per heavy atom. The van der Waals surface area contributed by atoms with Gasteiger partial charge in [0.15, 0.2) is 0 Å². The average Bonchev–Trinajstić information content (AvgIpc) is 2.35. The number of benzene rings is 1. The zero-order chi connectivity index (χ0) is 14.0. The van der Waals surface area contributed by atoms with Crippen LogP contribution in [-0.4, -0.2) is 23.8 Å². The number of hydrogen-bond acceptors (Lipinski definition) is 3. The van der Waals surface area contributed by atoms with Crippen molar-refractivity contribution in [2.45, 2.75) is 18.9 Å². The fourth-order valence-corrected chi connectivity index (χ4v) is 1.62. The van der Waals surface area contributed by atoms with Crippen molar-refractivity contribution in [3.8, 4) is 0 Å². The van der Waals surface area contributed by atoms with Gasteiger partial charge in [-0.05, 0) is 18.4 Å². The number of imide groups is 1. The second-order valence-electron chi connectivity index (χ2n) is 3.93. The summed E-state index contributed by atoms with van der Waals surface area (Å²) < 4.78 is 26.2. The van der Waals surface area contributed by atoms with Gasteiger partial charge in [0.2, 0.25) is 11.8 Å². The summed E-state index contributed by atoms with van der Waals surface area (Å²) in [7, 11) is 0. The van der Waals surface area contributed by atoms with Crippen LogP contribution in [0.3, 0.4) is 0 Å². The summed E-state index contributed by atoms with van der Waals surface area (Å²) in [5.74, 6) is -4.12. The summed E-state index contributed by atoms with van der Waals surface area (Å²) in [5, 5.41) is 5.49. The molecule has 2 rings (SSSR count). The summed E-state index contributed by atoms with van der Waals surface area (Å²) >= 11 is 0. The van der Waals surface area contributed by atoms with Crippen molar-refractivity contribution in [1.82, 2.24) is 5.32 Å². The molecule has 3 amide bonds. The van der Waals surface area contributed by atoms with Gasteiger partial charge in [-0.2, -0.15) is 0 Å². The zero-order valence-corrected chi connectivity index (χ0v) is 12.9. The van der Waals surface area contributed by atoms with Crippen molar-refractivity contribution in [2.75, 3.05) is 0 Å². The number of amides is 3. The van der Waals surface area contributed by atoms with Gasteiger partial charge in [-0.1, -0.05) is 5.56 Å². The molecule has 8 heteroatoms. The summed E-state index contributed by atoms with van der Waals surface area (Å²) in [6, 6.07) is 2.43. The van der Waals surface area contributed by atoms with Crippen LogP contribution in [0, 0.1) is 17.7 Å². The average molecular weight is 450 g/mol. The quantitative estimate of drug-likeness (QED) is 0.542. The number of nitrogens with one attached hydrogen (secondary N) is 1. The van der Waals surface area contributed by atoms with Crippen LogP contribution in [0.1, 0.15) is 23.2 Å². The molecule has 0 radical (unpaired) electrons. The van der Waals surface area contributed by atoms with Gasteiger partial charge in [0.05, 0.1) is 0 Å². The summed E-state index contributed by atoms with van der Waals surface area (Å²) in [4.78, 5) is 33.9. The van der Waals surface area contributed by atoms with Gasteiger partial charge in [0.1, 0.15) is 0 Å². The Labute approximate surface area is 127 Å². The van der Waals surface area contributed by atoms with Crippen molar-refractivity contribution in [3.05, 3.63) is 40.7 Å². The number of piperidine rings is 1. The molecule has 0 bridgehead atoms. The molecule has 1 saturated heterocycles. The van der Waals surface area contributed by atoms with E-state index in [4.69, 9.17) is 0 Å². The largest absolute Gasteiger partial charge is 2.00 e. The van der Waals surface area contributed by atoms with Crippen LogP contribution in [0.15, 0.2) is 12.1 Å². The van der Waals surface area contributed by atoms with Crippen molar-refractivity contribution in [1.29, 1.82) is 0 Å². The number of halogens is 2. The fourth-order valence-electron chi connectivity index (χ4n) is 1.62. The Balaban J connectivity index is 0.00000200. The van der Waals surface area contributed by atoms with Gasteiger partial charge >= 0.3 is 21.1 Å². The summed E-state index contributed by atoms with van der Waals surface area (Å²) in [5.41, 5.74) is -0.662. The Kier molecular flexibility index (Phi) is 5.50. The van der Waals surface area contributed by atoms with Gasteiger partial charge in [0, 0.05) is 18.1 Å². The van der Waals surface area contributed by atoms with Crippen molar-refractivity contribution >= 4 is 17.7 Å².